The van der Waals surface area contributed by atoms with Crippen molar-refractivity contribution in [1.29, 1.82) is 5.26 Å². The molecule has 0 unspecified atom stereocenters. The van der Waals surface area contributed by atoms with Crippen molar-refractivity contribution in [3.05, 3.63) is 45.8 Å². The van der Waals surface area contributed by atoms with Gasteiger partial charge in [-0.05, 0) is 55.6 Å². The number of sulfonamides is 1. The van der Waals surface area contributed by atoms with Crippen molar-refractivity contribution < 1.29 is 13.2 Å². The lowest BCUT2D eigenvalue weighted by Crippen LogP contribution is -2.29. The number of thiophene rings is 1. The van der Waals surface area contributed by atoms with E-state index in [2.05, 4.69) is 23.2 Å². The summed E-state index contributed by atoms with van der Waals surface area (Å²) in [4.78, 5) is 16.4. The number of carbonyl (C=O) groups excluding carboxylic acids is 1. The topological polar surface area (TPSA) is 93.5 Å². The van der Waals surface area contributed by atoms with Crippen molar-refractivity contribution in [1.82, 2.24) is 9.21 Å². The highest BCUT2D eigenvalue weighted by Gasteiger charge is 2.28. The average Bonchev–Trinajstić information content (AvgIpc) is 3.41. The summed E-state index contributed by atoms with van der Waals surface area (Å²) in [7, 11) is -3.50. The summed E-state index contributed by atoms with van der Waals surface area (Å²) in [5, 5.41) is 13.0. The van der Waals surface area contributed by atoms with Gasteiger partial charge in [-0.15, -0.1) is 11.3 Å². The molecule has 0 aliphatic carbocycles. The zero-order chi connectivity index (χ0) is 21.3. The van der Waals surface area contributed by atoms with Crippen LogP contribution in [0.3, 0.4) is 0 Å². The smallest absolute Gasteiger partial charge is 0.256 e. The Hall–Kier alpha value is -2.25. The summed E-state index contributed by atoms with van der Waals surface area (Å²) in [6, 6.07) is 8.25. The predicted molar refractivity (Wildman–Crippen MR) is 116 cm³/mol. The van der Waals surface area contributed by atoms with Gasteiger partial charge < -0.3 is 5.32 Å². The van der Waals surface area contributed by atoms with Gasteiger partial charge in [0.25, 0.3) is 5.91 Å². The lowest BCUT2D eigenvalue weighted by molar-refractivity contribution is 0.102. The fraction of sp³-hybridized carbons (Fsp3) is 0.429. The molecule has 0 atom stereocenters. The van der Waals surface area contributed by atoms with Gasteiger partial charge in [0.05, 0.1) is 10.5 Å². The quantitative estimate of drug-likeness (QED) is 0.765. The molecular weight excluding hydrogens is 420 g/mol. The normalized spacial score (nSPS) is 17.5. The second-order valence-electron chi connectivity index (χ2n) is 7.53. The molecule has 1 amide bonds. The molecule has 1 fully saturated rings. The first kappa shape index (κ1) is 21.0. The third-order valence-electron chi connectivity index (χ3n) is 5.74. The highest BCUT2D eigenvalue weighted by atomic mass is 32.2. The summed E-state index contributed by atoms with van der Waals surface area (Å²) in [6.07, 6.45) is 2.56. The Morgan fingerprint density at radius 2 is 1.90 bits per heavy atom. The van der Waals surface area contributed by atoms with Crippen LogP contribution in [0.15, 0.2) is 29.2 Å². The lowest BCUT2D eigenvalue weighted by Gasteiger charge is -2.24. The van der Waals surface area contributed by atoms with Crippen LogP contribution in [0.4, 0.5) is 5.00 Å². The molecule has 9 heteroatoms. The zero-order valence-corrected chi connectivity index (χ0v) is 18.5. The second kappa shape index (κ2) is 8.47. The summed E-state index contributed by atoms with van der Waals surface area (Å²) >= 11 is 1.45. The third-order valence-corrected chi connectivity index (χ3v) is 8.79. The van der Waals surface area contributed by atoms with Crippen LogP contribution in [0, 0.1) is 11.3 Å². The predicted octanol–water partition coefficient (Wildman–Crippen LogP) is 3.03. The fourth-order valence-electron chi connectivity index (χ4n) is 3.96. The number of carbonyl (C=O) groups is 1. The molecule has 0 spiro atoms. The van der Waals surface area contributed by atoms with E-state index in [9.17, 15) is 18.5 Å². The molecule has 1 aromatic heterocycles. The van der Waals surface area contributed by atoms with E-state index in [4.69, 9.17) is 0 Å². The number of amides is 1. The number of rotatable bonds is 5. The first-order valence-corrected chi connectivity index (χ1v) is 12.4. The molecule has 30 heavy (non-hydrogen) atoms. The van der Waals surface area contributed by atoms with Crippen molar-refractivity contribution >= 4 is 32.3 Å². The van der Waals surface area contributed by atoms with Crippen LogP contribution in [0.2, 0.25) is 0 Å². The van der Waals surface area contributed by atoms with Crippen molar-refractivity contribution in [2.75, 3.05) is 31.5 Å². The Kier molecular flexibility index (Phi) is 5.93. The Labute approximate surface area is 181 Å². The fourth-order valence-corrected chi connectivity index (χ4v) is 6.72. The standard InChI is InChI=1S/C21H24N4O3S2/c1-2-24-12-9-17-18(13-22)21(29-19(17)14-24)23-20(26)15-5-7-16(8-6-15)30(27,28)25-10-3-4-11-25/h5-8H,2-4,9-12,14H2,1H3,(H,23,26). The molecule has 7 nitrogen and oxygen atoms in total. The van der Waals surface area contributed by atoms with Gasteiger partial charge in [0.2, 0.25) is 10.0 Å². The van der Waals surface area contributed by atoms with Gasteiger partial charge in [-0.1, -0.05) is 6.92 Å². The van der Waals surface area contributed by atoms with Crippen LogP contribution in [0.25, 0.3) is 0 Å². The molecule has 2 aliphatic heterocycles. The first-order valence-electron chi connectivity index (χ1n) is 10.1. The van der Waals surface area contributed by atoms with Gasteiger partial charge in [0, 0.05) is 36.6 Å². The number of likely N-dealkylation sites (N-methyl/N-ethyl adjacent to an activating group) is 1. The number of fused-ring (bicyclic) bond motifs is 1. The summed E-state index contributed by atoms with van der Waals surface area (Å²) in [6.45, 7) is 5.85. The lowest BCUT2D eigenvalue weighted by atomic mass is 10.0. The SMILES string of the molecule is CCN1CCc2c(sc(NC(=O)c3ccc(S(=O)(=O)N4CCCC4)cc3)c2C#N)C1. The van der Waals surface area contributed by atoms with Gasteiger partial charge in [0.1, 0.15) is 11.1 Å². The van der Waals surface area contributed by atoms with Crippen molar-refractivity contribution in [3.8, 4) is 6.07 Å². The van der Waals surface area contributed by atoms with E-state index in [1.807, 2.05) is 0 Å². The maximum Gasteiger partial charge on any atom is 0.256 e. The highest BCUT2D eigenvalue weighted by Crippen LogP contribution is 2.36. The molecule has 0 saturated carbocycles. The van der Waals surface area contributed by atoms with Crippen molar-refractivity contribution in [2.24, 2.45) is 0 Å². The maximum absolute atomic E-state index is 12.7. The van der Waals surface area contributed by atoms with Gasteiger partial charge in [-0.2, -0.15) is 9.57 Å². The number of benzene rings is 1. The van der Waals surface area contributed by atoms with Gasteiger partial charge >= 0.3 is 0 Å². The second-order valence-corrected chi connectivity index (χ2v) is 10.6. The molecule has 4 rings (SSSR count). The van der Waals surface area contributed by atoms with E-state index in [1.54, 1.807) is 0 Å². The van der Waals surface area contributed by atoms with E-state index < -0.39 is 10.0 Å². The van der Waals surface area contributed by atoms with Crippen LogP contribution >= 0.6 is 11.3 Å². The molecule has 1 saturated heterocycles. The summed E-state index contributed by atoms with van der Waals surface area (Å²) in [5.41, 5.74) is 1.95. The number of hydrogen-bond acceptors (Lipinski definition) is 6. The van der Waals surface area contributed by atoms with Crippen LogP contribution < -0.4 is 5.32 Å². The molecule has 1 N–H and O–H groups in total. The number of nitrogens with one attached hydrogen (secondary N) is 1. The Balaban J connectivity index is 1.52. The van der Waals surface area contributed by atoms with Gasteiger partial charge in [0.15, 0.2) is 0 Å². The third kappa shape index (κ3) is 3.88. The molecule has 2 aromatic rings. The molecule has 1 aromatic carbocycles. The van der Waals surface area contributed by atoms with Gasteiger partial charge in [-0.3, -0.25) is 9.69 Å². The van der Waals surface area contributed by atoms with E-state index in [1.165, 1.54) is 39.9 Å². The number of nitrogens with zero attached hydrogens (tertiary/aromatic N) is 3. The Bertz CT molecular complexity index is 1090. The largest absolute Gasteiger partial charge is 0.312 e. The monoisotopic (exact) mass is 444 g/mol. The zero-order valence-electron chi connectivity index (χ0n) is 16.8. The van der Waals surface area contributed by atoms with Gasteiger partial charge in [-0.25, -0.2) is 8.42 Å². The highest BCUT2D eigenvalue weighted by molar-refractivity contribution is 7.89. The van der Waals surface area contributed by atoms with Crippen LogP contribution in [-0.4, -0.2) is 49.7 Å². The minimum atomic E-state index is -3.50. The van der Waals surface area contributed by atoms with E-state index >= 15 is 0 Å². The van der Waals surface area contributed by atoms with E-state index in [0.29, 0.717) is 29.2 Å². The Morgan fingerprint density at radius 1 is 1.20 bits per heavy atom. The Morgan fingerprint density at radius 3 is 2.53 bits per heavy atom. The summed E-state index contributed by atoms with van der Waals surface area (Å²) < 4.78 is 26.8. The first-order chi connectivity index (χ1) is 14.4. The molecule has 2 aliphatic rings. The van der Waals surface area contributed by atoms with E-state index in [-0.39, 0.29) is 10.8 Å². The number of nitriles is 1. The van der Waals surface area contributed by atoms with Crippen molar-refractivity contribution in [3.63, 3.8) is 0 Å². The molecule has 0 bridgehead atoms. The minimum Gasteiger partial charge on any atom is -0.312 e. The number of hydrogen-bond donors (Lipinski definition) is 1. The van der Waals surface area contributed by atoms with Crippen LogP contribution in [-0.2, 0) is 23.0 Å². The van der Waals surface area contributed by atoms with E-state index in [0.717, 1.165) is 49.3 Å². The maximum atomic E-state index is 12.7. The number of anilines is 1. The average molecular weight is 445 g/mol. The minimum absolute atomic E-state index is 0.199. The van der Waals surface area contributed by atoms with Crippen LogP contribution in [0.1, 0.15) is 46.1 Å². The van der Waals surface area contributed by atoms with Crippen molar-refractivity contribution in [2.45, 2.75) is 37.6 Å². The summed E-state index contributed by atoms with van der Waals surface area (Å²) in [5.74, 6) is -0.345. The molecule has 3 heterocycles. The molecular formula is C21H24N4O3S2. The van der Waals surface area contributed by atoms with Crippen LogP contribution in [0.5, 0.6) is 0 Å². The molecule has 0 radical (unpaired) electrons. The molecule has 158 valence electrons.